The van der Waals surface area contributed by atoms with Crippen molar-refractivity contribution in [3.63, 3.8) is 0 Å². The molecule has 0 saturated carbocycles. The van der Waals surface area contributed by atoms with Crippen molar-refractivity contribution in [3.8, 4) is 11.1 Å². The van der Waals surface area contributed by atoms with Crippen LogP contribution < -0.4 is 5.32 Å². The van der Waals surface area contributed by atoms with Crippen molar-refractivity contribution in [2.45, 2.75) is 13.0 Å². The highest BCUT2D eigenvalue weighted by atomic mass is 16.5. The van der Waals surface area contributed by atoms with Gasteiger partial charge in [0, 0.05) is 18.7 Å². The molecular weight excluding hydrogens is 228 g/mol. The molecule has 1 aromatic heterocycles. The van der Waals surface area contributed by atoms with Gasteiger partial charge in [-0.2, -0.15) is 0 Å². The lowest BCUT2D eigenvalue weighted by Gasteiger charge is -2.24. The van der Waals surface area contributed by atoms with Crippen LogP contribution in [0.2, 0.25) is 0 Å². The summed E-state index contributed by atoms with van der Waals surface area (Å²) in [5.74, 6) is 0.846. The molecule has 3 rings (SSSR count). The fourth-order valence-corrected chi connectivity index (χ4v) is 2.23. The number of nitrogens with one attached hydrogen (secondary N) is 1. The van der Waals surface area contributed by atoms with E-state index >= 15 is 0 Å². The Bertz CT molecular complexity index is 513. The van der Waals surface area contributed by atoms with Crippen molar-refractivity contribution in [2.24, 2.45) is 0 Å². The third kappa shape index (κ3) is 2.17. The van der Waals surface area contributed by atoms with Gasteiger partial charge in [0.1, 0.15) is 5.76 Å². The van der Waals surface area contributed by atoms with E-state index in [1.165, 1.54) is 5.56 Å². The number of aromatic nitrogens is 1. The van der Waals surface area contributed by atoms with Crippen LogP contribution in [0.3, 0.4) is 0 Å². The van der Waals surface area contributed by atoms with Crippen molar-refractivity contribution in [2.75, 3.05) is 19.7 Å². The molecule has 94 valence electrons. The van der Waals surface area contributed by atoms with Crippen LogP contribution in [-0.2, 0) is 4.74 Å². The predicted molar refractivity (Wildman–Crippen MR) is 68.2 cm³/mol. The third-order valence-electron chi connectivity index (χ3n) is 3.27. The molecule has 2 aromatic rings. The molecular formula is C14H16N2O2. The van der Waals surface area contributed by atoms with Gasteiger partial charge in [-0.25, -0.2) is 0 Å². The number of hydrogen-bond acceptors (Lipinski definition) is 4. The van der Waals surface area contributed by atoms with Crippen molar-refractivity contribution < 1.29 is 9.26 Å². The molecule has 0 aliphatic carbocycles. The average molecular weight is 244 g/mol. The molecule has 1 atom stereocenters. The Balaban J connectivity index is 1.82. The van der Waals surface area contributed by atoms with Gasteiger partial charge in [-0.05, 0) is 18.1 Å². The second-order valence-corrected chi connectivity index (χ2v) is 4.48. The van der Waals surface area contributed by atoms with Gasteiger partial charge in [0.25, 0.3) is 0 Å². The minimum absolute atomic E-state index is 0.163. The summed E-state index contributed by atoms with van der Waals surface area (Å²) in [5.41, 5.74) is 3.38. The van der Waals surface area contributed by atoms with Crippen LogP contribution in [0.1, 0.15) is 17.4 Å². The van der Waals surface area contributed by atoms with Crippen LogP contribution in [-0.4, -0.2) is 24.9 Å². The van der Waals surface area contributed by atoms with Crippen LogP contribution >= 0.6 is 0 Å². The Morgan fingerprint density at radius 2 is 2.11 bits per heavy atom. The number of benzene rings is 1. The highest BCUT2D eigenvalue weighted by Gasteiger charge is 2.15. The molecule has 0 unspecified atom stereocenters. The maximum Gasteiger partial charge on any atom is 0.141 e. The normalized spacial score (nSPS) is 19.9. The number of morpholine rings is 1. The molecule has 1 fully saturated rings. The maximum absolute atomic E-state index is 5.72. The van der Waals surface area contributed by atoms with Gasteiger partial charge in [0.2, 0.25) is 0 Å². The van der Waals surface area contributed by atoms with Gasteiger partial charge in [0.15, 0.2) is 0 Å². The van der Waals surface area contributed by atoms with Crippen molar-refractivity contribution in [1.82, 2.24) is 10.5 Å². The van der Waals surface area contributed by atoms with Gasteiger partial charge in [-0.15, -0.1) is 0 Å². The largest absolute Gasteiger partial charge is 0.371 e. The van der Waals surface area contributed by atoms with E-state index in [0.29, 0.717) is 0 Å². The minimum atomic E-state index is 0.163. The second kappa shape index (κ2) is 4.92. The van der Waals surface area contributed by atoms with E-state index in [1.54, 1.807) is 6.20 Å². The maximum atomic E-state index is 5.72. The Hall–Kier alpha value is -1.65. The molecule has 0 bridgehead atoms. The summed E-state index contributed by atoms with van der Waals surface area (Å²) < 4.78 is 10.8. The molecule has 0 amide bonds. The molecule has 2 heterocycles. The first kappa shape index (κ1) is 11.4. The molecule has 0 radical (unpaired) electrons. The van der Waals surface area contributed by atoms with E-state index in [-0.39, 0.29) is 6.10 Å². The molecule has 1 aliphatic heterocycles. The Labute approximate surface area is 106 Å². The Morgan fingerprint density at radius 3 is 2.72 bits per heavy atom. The number of hydrogen-bond donors (Lipinski definition) is 1. The molecule has 1 N–H and O–H groups in total. The Morgan fingerprint density at radius 1 is 1.28 bits per heavy atom. The summed E-state index contributed by atoms with van der Waals surface area (Å²) in [5, 5.41) is 7.14. The average Bonchev–Trinajstić information content (AvgIpc) is 2.86. The van der Waals surface area contributed by atoms with E-state index in [4.69, 9.17) is 9.26 Å². The van der Waals surface area contributed by atoms with Crippen molar-refractivity contribution >= 4 is 0 Å². The molecule has 4 heteroatoms. The van der Waals surface area contributed by atoms with Crippen molar-refractivity contribution in [1.29, 1.82) is 0 Å². The highest BCUT2D eigenvalue weighted by Crippen LogP contribution is 2.26. The molecule has 4 nitrogen and oxygen atoms in total. The quantitative estimate of drug-likeness (QED) is 0.880. The first-order valence-corrected chi connectivity index (χ1v) is 6.18. The summed E-state index contributed by atoms with van der Waals surface area (Å²) in [6, 6.07) is 8.40. The first-order chi connectivity index (χ1) is 8.84. The van der Waals surface area contributed by atoms with Gasteiger partial charge in [0.05, 0.1) is 18.9 Å². The lowest BCUT2D eigenvalue weighted by Crippen LogP contribution is -2.33. The number of ether oxygens (including phenoxy) is 1. The van der Waals surface area contributed by atoms with Gasteiger partial charge in [-0.1, -0.05) is 29.4 Å². The molecule has 18 heavy (non-hydrogen) atoms. The van der Waals surface area contributed by atoms with Gasteiger partial charge >= 0.3 is 0 Å². The SMILES string of the molecule is Cc1oncc1-c1ccc([C@@H]2CNCCO2)cc1. The van der Waals surface area contributed by atoms with Crippen LogP contribution in [0, 0.1) is 6.92 Å². The molecule has 1 saturated heterocycles. The number of rotatable bonds is 2. The molecule has 0 spiro atoms. The molecule has 1 aliphatic rings. The topological polar surface area (TPSA) is 47.3 Å². The van der Waals surface area contributed by atoms with Crippen LogP contribution in [0.4, 0.5) is 0 Å². The summed E-state index contributed by atoms with van der Waals surface area (Å²) in [6.07, 6.45) is 1.92. The van der Waals surface area contributed by atoms with E-state index in [1.807, 2.05) is 6.92 Å². The summed E-state index contributed by atoms with van der Waals surface area (Å²) in [7, 11) is 0. The first-order valence-electron chi connectivity index (χ1n) is 6.18. The van der Waals surface area contributed by atoms with Crippen LogP contribution in [0.5, 0.6) is 0 Å². The van der Waals surface area contributed by atoms with Crippen LogP contribution in [0.25, 0.3) is 11.1 Å². The standard InChI is InChI=1S/C14H16N2O2/c1-10-13(8-16-18-10)11-2-4-12(5-3-11)14-9-15-6-7-17-14/h2-5,8,14-15H,6-7,9H2,1H3/t14-/m0/s1. The second-order valence-electron chi connectivity index (χ2n) is 4.48. The van der Waals surface area contributed by atoms with E-state index in [9.17, 15) is 0 Å². The van der Waals surface area contributed by atoms with Crippen molar-refractivity contribution in [3.05, 3.63) is 41.8 Å². The smallest absolute Gasteiger partial charge is 0.141 e. The minimum Gasteiger partial charge on any atom is -0.371 e. The van der Waals surface area contributed by atoms with Crippen LogP contribution in [0.15, 0.2) is 35.0 Å². The zero-order valence-corrected chi connectivity index (χ0v) is 10.3. The van der Waals surface area contributed by atoms with Gasteiger partial charge < -0.3 is 14.6 Å². The van der Waals surface area contributed by atoms with E-state index < -0.39 is 0 Å². The fraction of sp³-hybridized carbons (Fsp3) is 0.357. The highest BCUT2D eigenvalue weighted by molar-refractivity contribution is 5.64. The predicted octanol–water partition coefficient (Wildman–Crippen LogP) is 2.31. The fourth-order valence-electron chi connectivity index (χ4n) is 2.23. The third-order valence-corrected chi connectivity index (χ3v) is 3.27. The number of nitrogens with zero attached hydrogens (tertiary/aromatic N) is 1. The van der Waals surface area contributed by atoms with E-state index in [0.717, 1.165) is 36.6 Å². The lowest BCUT2D eigenvalue weighted by molar-refractivity contribution is 0.0277. The van der Waals surface area contributed by atoms with E-state index in [2.05, 4.69) is 34.7 Å². The monoisotopic (exact) mass is 244 g/mol. The lowest BCUT2D eigenvalue weighted by atomic mass is 10.0. The zero-order chi connectivity index (χ0) is 12.4. The molecule has 1 aromatic carbocycles. The van der Waals surface area contributed by atoms with Gasteiger partial charge in [-0.3, -0.25) is 0 Å². The summed E-state index contributed by atoms with van der Waals surface area (Å²) in [6.45, 7) is 4.52. The zero-order valence-electron chi connectivity index (χ0n) is 10.3. The number of aryl methyl sites for hydroxylation is 1. The Kier molecular flexibility index (Phi) is 3.13. The summed E-state index contributed by atoms with van der Waals surface area (Å²) >= 11 is 0. The summed E-state index contributed by atoms with van der Waals surface area (Å²) in [4.78, 5) is 0.